The zero-order chi connectivity index (χ0) is 14.7. The maximum Gasteiger partial charge on any atom is 0.244 e. The highest BCUT2D eigenvalue weighted by molar-refractivity contribution is 5.86. The highest BCUT2D eigenvalue weighted by Gasteiger charge is 2.28. The van der Waals surface area contributed by atoms with Crippen LogP contribution in [0.25, 0.3) is 0 Å². The number of rotatable bonds is 2. The molecule has 0 aliphatic carbocycles. The Hall–Kier alpha value is -2.60. The Kier molecular flexibility index (Phi) is 3.70. The van der Waals surface area contributed by atoms with Crippen LogP contribution < -0.4 is 0 Å². The van der Waals surface area contributed by atoms with Crippen molar-refractivity contribution in [3.63, 3.8) is 0 Å². The largest absolute Gasteiger partial charge is 0.337 e. The second-order valence-corrected chi connectivity index (χ2v) is 5.25. The van der Waals surface area contributed by atoms with E-state index in [0.717, 1.165) is 12.0 Å². The molecule has 0 radical (unpaired) electrons. The highest BCUT2D eigenvalue weighted by Crippen LogP contribution is 2.23. The molecular weight excluding hydrogens is 260 g/mol. The Morgan fingerprint density at radius 1 is 1.05 bits per heavy atom. The SMILES string of the molecule is N#CC(C(=O)N1CCc2ccccc2C1)c1ccccc1. The molecule has 104 valence electrons. The quantitative estimate of drug-likeness (QED) is 0.846. The van der Waals surface area contributed by atoms with Gasteiger partial charge in [-0.25, -0.2) is 0 Å². The zero-order valence-corrected chi connectivity index (χ0v) is 11.7. The van der Waals surface area contributed by atoms with E-state index in [4.69, 9.17) is 0 Å². The van der Waals surface area contributed by atoms with Gasteiger partial charge in [-0.15, -0.1) is 0 Å². The van der Waals surface area contributed by atoms with E-state index in [9.17, 15) is 10.1 Å². The fourth-order valence-corrected chi connectivity index (χ4v) is 2.78. The second kappa shape index (κ2) is 5.80. The van der Waals surface area contributed by atoms with Gasteiger partial charge in [0.15, 0.2) is 0 Å². The number of benzene rings is 2. The minimum absolute atomic E-state index is 0.0989. The van der Waals surface area contributed by atoms with Gasteiger partial charge >= 0.3 is 0 Å². The highest BCUT2D eigenvalue weighted by atomic mass is 16.2. The average molecular weight is 276 g/mol. The number of nitriles is 1. The van der Waals surface area contributed by atoms with E-state index in [2.05, 4.69) is 18.2 Å². The topological polar surface area (TPSA) is 44.1 Å². The minimum Gasteiger partial charge on any atom is -0.337 e. The molecule has 3 rings (SSSR count). The van der Waals surface area contributed by atoms with Crippen molar-refractivity contribution in [2.45, 2.75) is 18.9 Å². The molecular formula is C18H16N2O. The van der Waals surface area contributed by atoms with Crippen LogP contribution in [0, 0.1) is 11.3 Å². The average Bonchev–Trinajstić information content (AvgIpc) is 2.56. The van der Waals surface area contributed by atoms with E-state index in [1.54, 1.807) is 4.90 Å². The Morgan fingerprint density at radius 2 is 1.71 bits per heavy atom. The molecule has 0 fully saturated rings. The van der Waals surface area contributed by atoms with Crippen LogP contribution in [-0.4, -0.2) is 17.4 Å². The Balaban J connectivity index is 1.82. The van der Waals surface area contributed by atoms with Crippen LogP contribution in [0.4, 0.5) is 0 Å². The van der Waals surface area contributed by atoms with Gasteiger partial charge < -0.3 is 4.90 Å². The zero-order valence-electron chi connectivity index (χ0n) is 11.7. The Morgan fingerprint density at radius 3 is 2.43 bits per heavy atom. The summed E-state index contributed by atoms with van der Waals surface area (Å²) in [5.41, 5.74) is 3.25. The summed E-state index contributed by atoms with van der Waals surface area (Å²) in [6.07, 6.45) is 0.856. The Labute approximate surface area is 124 Å². The molecule has 3 nitrogen and oxygen atoms in total. The van der Waals surface area contributed by atoms with Crippen molar-refractivity contribution in [1.29, 1.82) is 5.26 Å². The maximum absolute atomic E-state index is 12.6. The van der Waals surface area contributed by atoms with E-state index in [-0.39, 0.29) is 5.91 Å². The van der Waals surface area contributed by atoms with E-state index < -0.39 is 5.92 Å². The number of hydrogen-bond acceptors (Lipinski definition) is 2. The summed E-state index contributed by atoms with van der Waals surface area (Å²) in [6, 6.07) is 19.6. The third-order valence-corrected chi connectivity index (χ3v) is 3.95. The minimum atomic E-state index is -0.712. The summed E-state index contributed by atoms with van der Waals surface area (Å²) in [7, 11) is 0. The third kappa shape index (κ3) is 2.66. The lowest BCUT2D eigenvalue weighted by atomic mass is 9.95. The monoisotopic (exact) mass is 276 g/mol. The van der Waals surface area contributed by atoms with Gasteiger partial charge in [-0.1, -0.05) is 54.6 Å². The van der Waals surface area contributed by atoms with Crippen molar-refractivity contribution in [2.75, 3.05) is 6.54 Å². The van der Waals surface area contributed by atoms with Crippen molar-refractivity contribution in [3.05, 3.63) is 71.3 Å². The van der Waals surface area contributed by atoms with E-state index >= 15 is 0 Å². The van der Waals surface area contributed by atoms with Gasteiger partial charge in [-0.05, 0) is 23.1 Å². The third-order valence-electron chi connectivity index (χ3n) is 3.95. The van der Waals surface area contributed by atoms with Gasteiger partial charge in [0, 0.05) is 13.1 Å². The van der Waals surface area contributed by atoms with E-state index in [1.807, 2.05) is 42.5 Å². The van der Waals surface area contributed by atoms with Crippen LogP contribution >= 0.6 is 0 Å². The predicted octanol–water partition coefficient (Wildman–Crippen LogP) is 2.88. The van der Waals surface area contributed by atoms with Gasteiger partial charge in [0.1, 0.15) is 5.92 Å². The molecule has 0 N–H and O–H groups in total. The first kappa shape index (κ1) is 13.4. The molecule has 2 aromatic rings. The molecule has 1 heterocycles. The maximum atomic E-state index is 12.6. The van der Waals surface area contributed by atoms with Gasteiger partial charge in [0.05, 0.1) is 6.07 Å². The molecule has 3 heteroatoms. The van der Waals surface area contributed by atoms with Gasteiger partial charge in [-0.2, -0.15) is 5.26 Å². The molecule has 0 saturated heterocycles. The number of nitrogens with zero attached hydrogens (tertiary/aromatic N) is 2. The number of carbonyl (C=O) groups is 1. The molecule has 0 aromatic heterocycles. The standard InChI is InChI=1S/C18H16N2O/c19-12-17(15-7-2-1-3-8-15)18(21)20-11-10-14-6-4-5-9-16(14)13-20/h1-9,17H,10-11,13H2. The van der Waals surface area contributed by atoms with Gasteiger partial charge in [-0.3, -0.25) is 4.79 Å². The fourth-order valence-electron chi connectivity index (χ4n) is 2.78. The van der Waals surface area contributed by atoms with Crippen LogP contribution in [-0.2, 0) is 17.8 Å². The summed E-state index contributed by atoms with van der Waals surface area (Å²) in [4.78, 5) is 14.4. The molecule has 1 atom stereocenters. The number of amides is 1. The first-order valence-electron chi connectivity index (χ1n) is 7.09. The lowest BCUT2D eigenvalue weighted by Crippen LogP contribution is -2.38. The first-order chi connectivity index (χ1) is 10.3. The van der Waals surface area contributed by atoms with Crippen LogP contribution in [0.5, 0.6) is 0 Å². The van der Waals surface area contributed by atoms with Crippen LogP contribution in [0.1, 0.15) is 22.6 Å². The first-order valence-corrected chi connectivity index (χ1v) is 7.09. The van der Waals surface area contributed by atoms with E-state index in [1.165, 1.54) is 11.1 Å². The number of fused-ring (bicyclic) bond motifs is 1. The fraction of sp³-hybridized carbons (Fsp3) is 0.222. The summed E-state index contributed by atoms with van der Waals surface area (Å²) in [5.74, 6) is -0.810. The Bertz CT molecular complexity index is 688. The molecule has 1 amide bonds. The lowest BCUT2D eigenvalue weighted by Gasteiger charge is -2.30. The van der Waals surface area contributed by atoms with Crippen molar-refractivity contribution in [1.82, 2.24) is 4.90 Å². The molecule has 1 unspecified atom stereocenters. The van der Waals surface area contributed by atoms with Crippen molar-refractivity contribution < 1.29 is 4.79 Å². The van der Waals surface area contributed by atoms with Crippen LogP contribution in [0.15, 0.2) is 54.6 Å². The molecule has 1 aliphatic heterocycles. The molecule has 2 aromatic carbocycles. The number of carbonyl (C=O) groups excluding carboxylic acids is 1. The summed E-state index contributed by atoms with van der Waals surface area (Å²) in [6.45, 7) is 1.28. The summed E-state index contributed by atoms with van der Waals surface area (Å²) in [5, 5.41) is 9.38. The normalized spacial score (nSPS) is 14.9. The summed E-state index contributed by atoms with van der Waals surface area (Å²) < 4.78 is 0. The molecule has 0 bridgehead atoms. The summed E-state index contributed by atoms with van der Waals surface area (Å²) >= 11 is 0. The van der Waals surface area contributed by atoms with Gasteiger partial charge in [0.2, 0.25) is 5.91 Å². The van der Waals surface area contributed by atoms with Crippen molar-refractivity contribution >= 4 is 5.91 Å². The van der Waals surface area contributed by atoms with Crippen molar-refractivity contribution in [3.8, 4) is 6.07 Å². The second-order valence-electron chi connectivity index (χ2n) is 5.25. The number of hydrogen-bond donors (Lipinski definition) is 0. The smallest absolute Gasteiger partial charge is 0.244 e. The van der Waals surface area contributed by atoms with Crippen LogP contribution in [0.3, 0.4) is 0 Å². The predicted molar refractivity (Wildman–Crippen MR) is 80.4 cm³/mol. The van der Waals surface area contributed by atoms with E-state index in [0.29, 0.717) is 13.1 Å². The molecule has 21 heavy (non-hydrogen) atoms. The molecule has 1 aliphatic rings. The van der Waals surface area contributed by atoms with Crippen LogP contribution in [0.2, 0.25) is 0 Å². The van der Waals surface area contributed by atoms with Crippen molar-refractivity contribution in [2.24, 2.45) is 0 Å². The lowest BCUT2D eigenvalue weighted by molar-refractivity contribution is -0.132. The van der Waals surface area contributed by atoms with Gasteiger partial charge in [0.25, 0.3) is 0 Å². The molecule has 0 spiro atoms. The molecule has 0 saturated carbocycles.